The molecule has 1 N–H and O–H groups in total. The molecule has 0 spiro atoms. The van der Waals surface area contributed by atoms with E-state index in [1.54, 1.807) is 12.2 Å². The number of carboxylic acids is 1. The molecule has 0 amide bonds. The summed E-state index contributed by atoms with van der Waals surface area (Å²) in [5.74, 6) is -0.0236. The van der Waals surface area contributed by atoms with E-state index >= 15 is 0 Å². The van der Waals surface area contributed by atoms with Crippen LogP contribution in [0.5, 0.6) is 5.75 Å². The number of hydrogen-bond donors (Lipinski definition) is 1. The fraction of sp³-hybridized carbons (Fsp3) is 0.133. The van der Waals surface area contributed by atoms with E-state index in [9.17, 15) is 4.79 Å². The Labute approximate surface area is 105 Å². The van der Waals surface area contributed by atoms with Crippen LogP contribution in [0.1, 0.15) is 6.42 Å². The molecule has 0 aliphatic carbocycles. The highest BCUT2D eigenvalue weighted by atomic mass is 16.5. The predicted octanol–water partition coefficient (Wildman–Crippen LogP) is 3.25. The number of ether oxygens (including phenoxy) is 1. The van der Waals surface area contributed by atoms with E-state index in [2.05, 4.69) is 0 Å². The lowest BCUT2D eigenvalue weighted by atomic mass is 10.1. The van der Waals surface area contributed by atoms with E-state index in [4.69, 9.17) is 9.84 Å². The Morgan fingerprint density at radius 1 is 1.11 bits per heavy atom. The number of carbonyl (C=O) groups is 1. The highest BCUT2D eigenvalue weighted by molar-refractivity contribution is 5.88. The maximum Gasteiger partial charge on any atom is 0.307 e. The first-order valence-electron chi connectivity index (χ1n) is 5.75. The number of rotatable bonds is 5. The molecule has 2 rings (SSSR count). The smallest absolute Gasteiger partial charge is 0.307 e. The number of benzene rings is 2. The zero-order valence-corrected chi connectivity index (χ0v) is 9.87. The molecule has 2 aromatic carbocycles. The van der Waals surface area contributed by atoms with Crippen molar-refractivity contribution in [2.24, 2.45) is 0 Å². The summed E-state index contributed by atoms with van der Waals surface area (Å²) in [4.78, 5) is 10.3. The van der Waals surface area contributed by atoms with Gasteiger partial charge in [0.25, 0.3) is 0 Å². The zero-order valence-electron chi connectivity index (χ0n) is 9.87. The minimum absolute atomic E-state index is 0.0267. The first-order chi connectivity index (χ1) is 8.77. The van der Waals surface area contributed by atoms with Crippen LogP contribution >= 0.6 is 0 Å². The van der Waals surface area contributed by atoms with Crippen LogP contribution in [0.3, 0.4) is 0 Å². The Hall–Kier alpha value is -2.29. The standard InChI is InChI=1S/C15H14O3/c16-15(17)10-3-4-11-18-14-9-5-7-12-6-1-2-8-13(12)14/h1-9H,10-11H2,(H,16,17)/b4-3+. The summed E-state index contributed by atoms with van der Waals surface area (Å²) in [7, 11) is 0. The average molecular weight is 242 g/mol. The van der Waals surface area contributed by atoms with Gasteiger partial charge < -0.3 is 9.84 Å². The lowest BCUT2D eigenvalue weighted by Gasteiger charge is -2.06. The Morgan fingerprint density at radius 3 is 2.72 bits per heavy atom. The second-order valence-electron chi connectivity index (χ2n) is 3.86. The third-order valence-corrected chi connectivity index (χ3v) is 2.54. The molecule has 18 heavy (non-hydrogen) atoms. The van der Waals surface area contributed by atoms with Gasteiger partial charge in [-0.15, -0.1) is 0 Å². The quantitative estimate of drug-likeness (QED) is 0.819. The molecule has 92 valence electrons. The van der Waals surface area contributed by atoms with Crippen molar-refractivity contribution in [1.29, 1.82) is 0 Å². The monoisotopic (exact) mass is 242 g/mol. The van der Waals surface area contributed by atoms with Crippen molar-refractivity contribution >= 4 is 16.7 Å². The molecule has 0 heterocycles. The fourth-order valence-corrected chi connectivity index (χ4v) is 1.71. The van der Waals surface area contributed by atoms with Gasteiger partial charge in [0, 0.05) is 5.39 Å². The van der Waals surface area contributed by atoms with Crippen LogP contribution in [0, 0.1) is 0 Å². The predicted molar refractivity (Wildman–Crippen MR) is 70.8 cm³/mol. The van der Waals surface area contributed by atoms with Gasteiger partial charge in [0.1, 0.15) is 12.4 Å². The maximum absolute atomic E-state index is 10.3. The Balaban J connectivity index is 2.04. The van der Waals surface area contributed by atoms with Crippen molar-refractivity contribution < 1.29 is 14.6 Å². The van der Waals surface area contributed by atoms with Crippen LogP contribution in [0.15, 0.2) is 54.6 Å². The summed E-state index contributed by atoms with van der Waals surface area (Å²) in [6.07, 6.45) is 3.34. The van der Waals surface area contributed by atoms with E-state index < -0.39 is 5.97 Å². The van der Waals surface area contributed by atoms with Gasteiger partial charge in [0.05, 0.1) is 6.42 Å². The third kappa shape index (κ3) is 3.10. The van der Waals surface area contributed by atoms with E-state index in [-0.39, 0.29) is 6.42 Å². The first-order valence-corrected chi connectivity index (χ1v) is 5.75. The van der Waals surface area contributed by atoms with E-state index in [1.807, 2.05) is 42.5 Å². The van der Waals surface area contributed by atoms with E-state index in [1.165, 1.54) is 0 Å². The first kappa shape index (κ1) is 12.2. The van der Waals surface area contributed by atoms with Gasteiger partial charge in [-0.25, -0.2) is 0 Å². The van der Waals surface area contributed by atoms with Crippen molar-refractivity contribution in [1.82, 2.24) is 0 Å². The normalized spacial score (nSPS) is 10.9. The molecule has 3 nitrogen and oxygen atoms in total. The highest BCUT2D eigenvalue weighted by Crippen LogP contribution is 2.24. The minimum Gasteiger partial charge on any atom is -0.489 e. The molecule has 0 aliphatic rings. The minimum atomic E-state index is -0.837. The van der Waals surface area contributed by atoms with Gasteiger partial charge in [-0.3, -0.25) is 4.79 Å². The molecule has 3 heteroatoms. The summed E-state index contributed by atoms with van der Waals surface area (Å²) in [5.41, 5.74) is 0. The second kappa shape index (κ2) is 5.87. The maximum atomic E-state index is 10.3. The Bertz CT molecular complexity index is 567. The lowest BCUT2D eigenvalue weighted by Crippen LogP contribution is -1.95. The summed E-state index contributed by atoms with van der Waals surface area (Å²) >= 11 is 0. The molecule has 0 atom stereocenters. The number of fused-ring (bicyclic) bond motifs is 1. The fourth-order valence-electron chi connectivity index (χ4n) is 1.71. The summed E-state index contributed by atoms with van der Waals surface area (Å²) in [5, 5.41) is 10.7. The van der Waals surface area contributed by atoms with Crippen LogP contribution in [0.25, 0.3) is 10.8 Å². The molecule has 0 saturated heterocycles. The third-order valence-electron chi connectivity index (χ3n) is 2.54. The summed E-state index contributed by atoms with van der Waals surface area (Å²) < 4.78 is 5.62. The molecule has 0 fully saturated rings. The summed E-state index contributed by atoms with van der Waals surface area (Å²) in [6.45, 7) is 0.376. The van der Waals surface area contributed by atoms with Crippen LogP contribution in [-0.2, 0) is 4.79 Å². The SMILES string of the molecule is O=C(O)C/C=C/COc1cccc2ccccc12. The van der Waals surface area contributed by atoms with E-state index in [0.29, 0.717) is 6.61 Å². The molecule has 0 saturated carbocycles. The molecule has 0 radical (unpaired) electrons. The molecular weight excluding hydrogens is 228 g/mol. The number of aliphatic carboxylic acids is 1. The van der Waals surface area contributed by atoms with Crippen LogP contribution in [0.2, 0.25) is 0 Å². The molecule has 0 bridgehead atoms. The van der Waals surface area contributed by atoms with Crippen LogP contribution in [-0.4, -0.2) is 17.7 Å². The van der Waals surface area contributed by atoms with Gasteiger partial charge in [-0.1, -0.05) is 48.6 Å². The van der Waals surface area contributed by atoms with Crippen molar-refractivity contribution in [3.05, 3.63) is 54.6 Å². The number of hydrogen-bond acceptors (Lipinski definition) is 2. The lowest BCUT2D eigenvalue weighted by molar-refractivity contribution is -0.136. The van der Waals surface area contributed by atoms with Crippen LogP contribution < -0.4 is 4.74 Å². The average Bonchev–Trinajstić information content (AvgIpc) is 2.38. The van der Waals surface area contributed by atoms with E-state index in [0.717, 1.165) is 16.5 Å². The highest BCUT2D eigenvalue weighted by Gasteiger charge is 1.99. The molecule has 0 aromatic heterocycles. The second-order valence-corrected chi connectivity index (χ2v) is 3.86. The van der Waals surface area contributed by atoms with Crippen molar-refractivity contribution in [3.8, 4) is 5.75 Å². The van der Waals surface area contributed by atoms with Gasteiger partial charge in [-0.05, 0) is 11.5 Å². The molecule has 0 unspecified atom stereocenters. The van der Waals surface area contributed by atoms with Gasteiger partial charge in [0.15, 0.2) is 0 Å². The van der Waals surface area contributed by atoms with Gasteiger partial charge >= 0.3 is 5.97 Å². The zero-order chi connectivity index (χ0) is 12.8. The largest absolute Gasteiger partial charge is 0.489 e. The molecule has 0 aliphatic heterocycles. The number of carboxylic acid groups (broad SMARTS) is 1. The van der Waals surface area contributed by atoms with Crippen molar-refractivity contribution in [2.75, 3.05) is 6.61 Å². The topological polar surface area (TPSA) is 46.5 Å². The Kier molecular flexibility index (Phi) is 3.97. The Morgan fingerprint density at radius 2 is 1.89 bits per heavy atom. The van der Waals surface area contributed by atoms with Crippen molar-refractivity contribution in [3.63, 3.8) is 0 Å². The van der Waals surface area contributed by atoms with Gasteiger partial charge in [-0.2, -0.15) is 0 Å². The summed E-state index contributed by atoms with van der Waals surface area (Å²) in [6, 6.07) is 13.9. The molecular formula is C15H14O3. The van der Waals surface area contributed by atoms with Crippen LogP contribution in [0.4, 0.5) is 0 Å². The van der Waals surface area contributed by atoms with Gasteiger partial charge in [0.2, 0.25) is 0 Å². The van der Waals surface area contributed by atoms with Crippen molar-refractivity contribution in [2.45, 2.75) is 6.42 Å². The molecule has 2 aromatic rings.